The van der Waals surface area contributed by atoms with Crippen LogP contribution in [-0.2, 0) is 11.3 Å². The van der Waals surface area contributed by atoms with E-state index in [4.69, 9.17) is 4.42 Å². The van der Waals surface area contributed by atoms with Gasteiger partial charge in [-0.25, -0.2) is 4.68 Å². The van der Waals surface area contributed by atoms with Gasteiger partial charge in [0, 0.05) is 12.4 Å². The smallest absolute Gasteiger partial charge is 0.273 e. The van der Waals surface area contributed by atoms with Crippen LogP contribution in [0.3, 0.4) is 0 Å². The summed E-state index contributed by atoms with van der Waals surface area (Å²) in [7, 11) is 1.64. The lowest BCUT2D eigenvalue weighted by Crippen LogP contribution is -2.38. The van der Waals surface area contributed by atoms with Gasteiger partial charge in [0.05, 0.1) is 16.8 Å². The van der Waals surface area contributed by atoms with Gasteiger partial charge in [-0.3, -0.25) is 19.5 Å². The summed E-state index contributed by atoms with van der Waals surface area (Å²) in [6.45, 7) is 1.58. The Hall–Kier alpha value is -3.61. The van der Waals surface area contributed by atoms with E-state index < -0.39 is 11.1 Å². The van der Waals surface area contributed by atoms with E-state index in [1.807, 2.05) is 37.3 Å². The Morgan fingerprint density at radius 3 is 2.54 bits per heavy atom. The lowest BCUT2D eigenvalue weighted by Gasteiger charge is -2.23. The van der Waals surface area contributed by atoms with Crippen molar-refractivity contribution in [1.29, 1.82) is 0 Å². The monoisotopic (exact) mass is 377 g/mol. The Morgan fingerprint density at radius 1 is 1.11 bits per heavy atom. The molecular weight excluding hydrogens is 358 g/mol. The average Bonchev–Trinajstić information content (AvgIpc) is 3.15. The standard InChI is InChI=1S/C21H19N3O4/c1-13(18-11-14-7-3-6-10-17(14)28-18)23(2)19(25)12-24-21(27)16-9-5-4-8-15(16)20(26)22-24/h3-11,13H,12H2,1-2H3,(H,22,26). The molecule has 2 heterocycles. The van der Waals surface area contributed by atoms with E-state index in [0.717, 1.165) is 15.7 Å². The van der Waals surface area contributed by atoms with Gasteiger partial charge in [0.2, 0.25) is 5.91 Å². The van der Waals surface area contributed by atoms with Crippen molar-refractivity contribution in [3.63, 3.8) is 0 Å². The van der Waals surface area contributed by atoms with Gasteiger partial charge in [-0.15, -0.1) is 0 Å². The van der Waals surface area contributed by atoms with Crippen LogP contribution in [0.1, 0.15) is 18.7 Å². The van der Waals surface area contributed by atoms with Crippen LogP contribution in [0.25, 0.3) is 21.7 Å². The molecule has 0 fully saturated rings. The van der Waals surface area contributed by atoms with Crippen LogP contribution >= 0.6 is 0 Å². The van der Waals surface area contributed by atoms with Crippen LogP contribution in [0.5, 0.6) is 0 Å². The second-order valence-corrected chi connectivity index (χ2v) is 6.75. The molecule has 0 aliphatic carbocycles. The van der Waals surface area contributed by atoms with Crippen molar-refractivity contribution in [1.82, 2.24) is 14.7 Å². The van der Waals surface area contributed by atoms with E-state index in [0.29, 0.717) is 11.1 Å². The number of hydrogen-bond donors (Lipinski definition) is 1. The predicted octanol–water partition coefficient (Wildman–Crippen LogP) is 2.66. The first-order valence-corrected chi connectivity index (χ1v) is 8.91. The van der Waals surface area contributed by atoms with Crippen LogP contribution in [0.2, 0.25) is 0 Å². The molecule has 1 amide bonds. The Kier molecular flexibility index (Phi) is 4.35. The zero-order valence-corrected chi connectivity index (χ0v) is 15.5. The maximum Gasteiger partial charge on any atom is 0.273 e. The molecule has 0 saturated heterocycles. The number of nitrogens with zero attached hydrogens (tertiary/aromatic N) is 2. The van der Waals surface area contributed by atoms with Crippen LogP contribution in [-0.4, -0.2) is 27.6 Å². The summed E-state index contributed by atoms with van der Waals surface area (Å²) in [6.07, 6.45) is 0. The van der Waals surface area contributed by atoms with Gasteiger partial charge in [0.15, 0.2) is 0 Å². The van der Waals surface area contributed by atoms with E-state index >= 15 is 0 Å². The number of amides is 1. The van der Waals surface area contributed by atoms with Gasteiger partial charge in [-0.2, -0.15) is 0 Å². The zero-order valence-electron chi connectivity index (χ0n) is 15.5. The predicted molar refractivity (Wildman–Crippen MR) is 106 cm³/mol. The maximum atomic E-state index is 12.7. The molecule has 1 unspecified atom stereocenters. The van der Waals surface area contributed by atoms with Crippen LogP contribution in [0, 0.1) is 0 Å². The molecule has 1 N–H and O–H groups in total. The van der Waals surface area contributed by atoms with Crippen molar-refractivity contribution in [3.05, 3.63) is 81.1 Å². The highest BCUT2D eigenvalue weighted by molar-refractivity contribution is 5.81. The summed E-state index contributed by atoms with van der Waals surface area (Å²) in [5.74, 6) is 0.331. The molecule has 0 radical (unpaired) electrons. The Morgan fingerprint density at radius 2 is 1.79 bits per heavy atom. The van der Waals surface area contributed by atoms with Crippen LogP contribution < -0.4 is 11.1 Å². The number of hydrogen-bond acceptors (Lipinski definition) is 4. The van der Waals surface area contributed by atoms with Crippen molar-refractivity contribution in [3.8, 4) is 0 Å². The quantitative estimate of drug-likeness (QED) is 0.592. The topological polar surface area (TPSA) is 88.3 Å². The third-order valence-corrected chi connectivity index (χ3v) is 5.01. The molecule has 0 saturated carbocycles. The summed E-state index contributed by atoms with van der Waals surface area (Å²) in [4.78, 5) is 39.0. The van der Waals surface area contributed by atoms with Crippen LogP contribution in [0.4, 0.5) is 0 Å². The van der Waals surface area contributed by atoms with E-state index in [1.165, 1.54) is 4.90 Å². The average molecular weight is 377 g/mol. The largest absolute Gasteiger partial charge is 0.459 e. The molecule has 4 aromatic rings. The van der Waals surface area contributed by atoms with E-state index in [2.05, 4.69) is 5.10 Å². The number of aromatic amines is 1. The van der Waals surface area contributed by atoms with Crippen molar-refractivity contribution in [2.75, 3.05) is 7.05 Å². The van der Waals surface area contributed by atoms with Gasteiger partial charge in [0.25, 0.3) is 11.1 Å². The molecule has 142 valence electrons. The van der Waals surface area contributed by atoms with E-state index in [-0.39, 0.29) is 23.9 Å². The number of H-pyrrole nitrogens is 1. The molecule has 0 bridgehead atoms. The van der Waals surface area contributed by atoms with Gasteiger partial charge in [-0.1, -0.05) is 30.3 Å². The van der Waals surface area contributed by atoms with Crippen molar-refractivity contribution in [2.24, 2.45) is 0 Å². The fraction of sp³-hybridized carbons (Fsp3) is 0.190. The highest BCUT2D eigenvalue weighted by Crippen LogP contribution is 2.26. The second-order valence-electron chi connectivity index (χ2n) is 6.75. The Labute approximate surface area is 159 Å². The van der Waals surface area contributed by atoms with Crippen molar-refractivity contribution < 1.29 is 9.21 Å². The fourth-order valence-corrected chi connectivity index (χ4v) is 3.22. The number of benzene rings is 2. The molecule has 0 aliphatic heterocycles. The molecular formula is C21H19N3O4. The highest BCUT2D eigenvalue weighted by atomic mass is 16.3. The van der Waals surface area contributed by atoms with Gasteiger partial charge in [0.1, 0.15) is 17.9 Å². The molecule has 7 nitrogen and oxygen atoms in total. The first kappa shape index (κ1) is 17.8. The number of likely N-dealkylation sites (N-methyl/N-ethyl adjacent to an activating group) is 1. The summed E-state index contributed by atoms with van der Waals surface area (Å²) in [5.41, 5.74) is -0.0652. The third-order valence-electron chi connectivity index (χ3n) is 5.01. The van der Waals surface area contributed by atoms with Crippen LogP contribution in [0.15, 0.2) is 68.6 Å². The minimum absolute atomic E-state index is 0.264. The number of rotatable bonds is 4. The molecule has 7 heteroatoms. The lowest BCUT2D eigenvalue weighted by molar-refractivity contribution is -0.133. The molecule has 28 heavy (non-hydrogen) atoms. The maximum absolute atomic E-state index is 12.7. The summed E-state index contributed by atoms with van der Waals surface area (Å²) >= 11 is 0. The molecule has 1 atom stereocenters. The first-order chi connectivity index (χ1) is 13.5. The summed E-state index contributed by atoms with van der Waals surface area (Å²) in [5, 5.41) is 4.03. The molecule has 2 aromatic carbocycles. The minimum Gasteiger partial charge on any atom is -0.459 e. The lowest BCUT2D eigenvalue weighted by atomic mass is 10.2. The molecule has 0 aliphatic rings. The number of carbonyl (C=O) groups is 1. The third kappa shape index (κ3) is 3.00. The summed E-state index contributed by atoms with van der Waals surface area (Å²) < 4.78 is 6.88. The number of furan rings is 1. The highest BCUT2D eigenvalue weighted by Gasteiger charge is 2.22. The number of fused-ring (bicyclic) bond motifs is 2. The minimum atomic E-state index is -0.409. The molecule has 0 spiro atoms. The number of para-hydroxylation sites is 1. The van der Waals surface area contributed by atoms with E-state index in [1.54, 1.807) is 31.3 Å². The Bertz CT molecular complexity index is 1270. The van der Waals surface area contributed by atoms with Crippen molar-refractivity contribution in [2.45, 2.75) is 19.5 Å². The fourth-order valence-electron chi connectivity index (χ4n) is 3.22. The first-order valence-electron chi connectivity index (χ1n) is 8.91. The molecule has 2 aromatic heterocycles. The van der Waals surface area contributed by atoms with Gasteiger partial charge < -0.3 is 9.32 Å². The SMILES string of the molecule is CC(c1cc2ccccc2o1)N(C)C(=O)Cn1[nH]c(=O)c2ccccc2c1=O. The zero-order chi connectivity index (χ0) is 19.8. The van der Waals surface area contributed by atoms with Gasteiger partial charge >= 0.3 is 0 Å². The molecule has 4 rings (SSSR count). The summed E-state index contributed by atoms with van der Waals surface area (Å²) in [6, 6.07) is 15.7. The second kappa shape index (κ2) is 6.84. The number of aromatic nitrogens is 2. The number of nitrogens with one attached hydrogen (secondary N) is 1. The van der Waals surface area contributed by atoms with E-state index in [9.17, 15) is 14.4 Å². The number of carbonyl (C=O) groups excluding carboxylic acids is 1. The Balaban J connectivity index is 1.61. The van der Waals surface area contributed by atoms with Crippen molar-refractivity contribution >= 4 is 27.6 Å². The normalized spacial score (nSPS) is 12.4. The van der Waals surface area contributed by atoms with Gasteiger partial charge in [-0.05, 0) is 31.2 Å².